The predicted molar refractivity (Wildman–Crippen MR) is 121 cm³/mol. The van der Waals surface area contributed by atoms with Crippen molar-refractivity contribution in [2.75, 3.05) is 50.0 Å². The summed E-state index contributed by atoms with van der Waals surface area (Å²) in [5.74, 6) is 0.146. The van der Waals surface area contributed by atoms with E-state index in [1.54, 1.807) is 41.4 Å². The van der Waals surface area contributed by atoms with Crippen LogP contribution in [0.15, 0.2) is 42.6 Å². The first-order valence-electron chi connectivity index (χ1n) is 8.96. The fourth-order valence-corrected chi connectivity index (χ4v) is 3.36. The van der Waals surface area contributed by atoms with Gasteiger partial charge in [-0.2, -0.15) is 0 Å². The van der Waals surface area contributed by atoms with Gasteiger partial charge < -0.3 is 22.5 Å². The van der Waals surface area contributed by atoms with Gasteiger partial charge in [-0.25, -0.2) is 4.98 Å². The molecular formula is C19H27Cl2N7O2Pt. The number of piperazine rings is 1. The Morgan fingerprint density at radius 3 is 2.42 bits per heavy atom. The molecule has 0 atom stereocenters. The third-order valence-electron chi connectivity index (χ3n) is 4.84. The third-order valence-corrected chi connectivity index (χ3v) is 4.84. The van der Waals surface area contributed by atoms with E-state index in [2.05, 4.69) is 27.1 Å². The molecule has 0 saturated carbocycles. The van der Waals surface area contributed by atoms with Gasteiger partial charge in [0.15, 0.2) is 5.82 Å². The molecule has 12 heteroatoms. The Morgan fingerprint density at radius 2 is 1.74 bits per heavy atom. The molecule has 31 heavy (non-hydrogen) atoms. The number of anilines is 3. The number of aromatic nitrogens is 1. The van der Waals surface area contributed by atoms with E-state index in [0.29, 0.717) is 29.3 Å². The quantitative estimate of drug-likeness (QED) is 0.453. The van der Waals surface area contributed by atoms with Crippen LogP contribution in [0.4, 0.5) is 17.2 Å². The normalized spacial score (nSPS) is 15.7. The van der Waals surface area contributed by atoms with Crippen molar-refractivity contribution in [1.29, 1.82) is 0 Å². The maximum absolute atomic E-state index is 13.2. The molecule has 2 aromatic rings. The van der Waals surface area contributed by atoms with Gasteiger partial charge in [0, 0.05) is 32.4 Å². The summed E-state index contributed by atoms with van der Waals surface area (Å²) in [5, 5.41) is 2.86. The summed E-state index contributed by atoms with van der Waals surface area (Å²) < 4.78 is 0. The van der Waals surface area contributed by atoms with Gasteiger partial charge in [-0.05, 0) is 31.3 Å². The number of para-hydroxylation sites is 1. The second-order valence-electron chi connectivity index (χ2n) is 6.70. The maximum atomic E-state index is 13.2. The molecule has 0 spiro atoms. The van der Waals surface area contributed by atoms with Gasteiger partial charge >= 0.3 is 35.3 Å². The molecule has 1 fully saturated rings. The van der Waals surface area contributed by atoms with Crippen LogP contribution in [-0.4, -0.2) is 66.4 Å². The van der Waals surface area contributed by atoms with Gasteiger partial charge in [-0.15, -0.1) is 0 Å². The van der Waals surface area contributed by atoms with Crippen molar-refractivity contribution in [2.24, 2.45) is 0 Å². The first kappa shape index (κ1) is 27.5. The van der Waals surface area contributed by atoms with Crippen molar-refractivity contribution in [3.63, 3.8) is 0 Å². The number of hydrogen-bond acceptors (Lipinski definition) is 7. The molecule has 1 aromatic carbocycles. The van der Waals surface area contributed by atoms with E-state index in [4.69, 9.17) is 18.8 Å². The van der Waals surface area contributed by atoms with Gasteiger partial charge in [0.1, 0.15) is 0 Å². The zero-order valence-electron chi connectivity index (χ0n) is 17.2. The fraction of sp³-hybridized carbons (Fsp3) is 0.316. The third kappa shape index (κ3) is 6.70. The van der Waals surface area contributed by atoms with Gasteiger partial charge in [0.2, 0.25) is 5.91 Å². The average molecular weight is 651 g/mol. The number of hydrogen-bond donors (Lipinski definition) is 3. The number of likely N-dealkylation sites (N-methyl/N-ethyl adjacent to an activating group) is 1. The van der Waals surface area contributed by atoms with Crippen LogP contribution in [0.2, 0.25) is 0 Å². The summed E-state index contributed by atoms with van der Waals surface area (Å²) in [6.07, 6.45) is 1.63. The second-order valence-corrected chi connectivity index (χ2v) is 9.98. The van der Waals surface area contributed by atoms with Crippen molar-refractivity contribution < 1.29 is 26.1 Å². The Hall–Kier alpha value is -1.58. The van der Waals surface area contributed by atoms with E-state index in [1.165, 1.54) is 0 Å². The average Bonchev–Trinajstić information content (AvgIpc) is 2.84. The number of nitrogens with zero attached hydrogens (tertiary/aromatic N) is 4. The number of benzene rings is 1. The zero-order chi connectivity index (χ0) is 20.8. The molecule has 4 rings (SSSR count). The van der Waals surface area contributed by atoms with Gasteiger partial charge in [-0.3, -0.25) is 19.4 Å². The Labute approximate surface area is 198 Å². The number of nitrogens with one attached hydrogen (secondary N) is 1. The molecular weight excluding hydrogens is 624 g/mol. The Kier molecular flexibility index (Phi) is 11.6. The number of halogens is 2. The number of fused-ring (bicyclic) bond motifs is 2. The van der Waals surface area contributed by atoms with Crippen molar-refractivity contribution in [2.45, 2.75) is 0 Å². The number of carbonyl (C=O) groups excluding carboxylic acids is 2. The van der Waals surface area contributed by atoms with Crippen LogP contribution in [0.3, 0.4) is 0 Å². The van der Waals surface area contributed by atoms with Crippen molar-refractivity contribution >= 4 is 47.8 Å². The number of pyridine rings is 1. The van der Waals surface area contributed by atoms with Crippen LogP contribution in [0.5, 0.6) is 0 Å². The van der Waals surface area contributed by atoms with E-state index in [1.807, 2.05) is 6.07 Å². The van der Waals surface area contributed by atoms with Crippen molar-refractivity contribution in [3.8, 4) is 0 Å². The summed E-state index contributed by atoms with van der Waals surface area (Å²) in [5.41, 5.74) is 1.58. The molecule has 0 aliphatic carbocycles. The molecule has 1 saturated heterocycles. The van der Waals surface area contributed by atoms with Crippen LogP contribution in [0.25, 0.3) is 0 Å². The summed E-state index contributed by atoms with van der Waals surface area (Å²) in [6, 6.07) is 10.7. The predicted octanol–water partition coefficient (Wildman–Crippen LogP) is 3.26. The molecule has 7 N–H and O–H groups in total. The number of carbonyl (C=O) groups is 2. The van der Waals surface area contributed by atoms with Gasteiger partial charge in [-0.1, -0.05) is 12.1 Å². The van der Waals surface area contributed by atoms with Crippen LogP contribution >= 0.6 is 18.8 Å². The monoisotopic (exact) mass is 650 g/mol. The molecule has 3 heterocycles. The Morgan fingerprint density at radius 1 is 1.10 bits per heavy atom. The van der Waals surface area contributed by atoms with Crippen LogP contribution in [0.1, 0.15) is 10.4 Å². The van der Waals surface area contributed by atoms with Crippen LogP contribution < -0.4 is 22.5 Å². The minimum atomic E-state index is -0.472. The van der Waals surface area contributed by atoms with Gasteiger partial charge in [0.05, 0.1) is 23.5 Å². The second kappa shape index (κ2) is 13.1. The van der Waals surface area contributed by atoms with Gasteiger partial charge in [0.25, 0.3) is 5.91 Å². The SMILES string of the molecule is CN1CCN(CC(=O)N2c3ccccc3C(=O)Nc3cccnc32)CC1.N.N.[Cl][Pt][Cl]. The van der Waals surface area contributed by atoms with E-state index in [-0.39, 0.29) is 24.1 Å². The van der Waals surface area contributed by atoms with Crippen molar-refractivity contribution in [3.05, 3.63) is 48.2 Å². The molecule has 9 nitrogen and oxygen atoms in total. The minimum absolute atomic E-state index is 0. The topological polar surface area (TPSA) is 139 Å². The molecule has 2 aliphatic rings. The van der Waals surface area contributed by atoms with Crippen molar-refractivity contribution in [1.82, 2.24) is 27.1 Å². The number of amides is 2. The van der Waals surface area contributed by atoms with E-state index >= 15 is 0 Å². The fourth-order valence-electron chi connectivity index (χ4n) is 3.36. The molecule has 2 aliphatic heterocycles. The molecule has 2 amide bonds. The first-order chi connectivity index (χ1) is 14.0. The van der Waals surface area contributed by atoms with E-state index in [0.717, 1.165) is 26.2 Å². The summed E-state index contributed by atoms with van der Waals surface area (Å²) >= 11 is -0.472. The molecule has 174 valence electrons. The first-order valence-corrected chi connectivity index (χ1v) is 14.6. The number of rotatable bonds is 2. The van der Waals surface area contributed by atoms with E-state index in [9.17, 15) is 9.59 Å². The standard InChI is InChI=1S/C19H21N5O2.2ClH.2H3N.Pt/c1-22-9-11-23(12-10-22)13-17(25)24-16-7-3-2-5-14(16)19(26)21-15-6-4-8-20-18(15)24;;;;;/h2-8H,9-13H2,1H3,(H,21,26);2*1H;2*1H3;/q;;;;;+2/p-2. The molecule has 0 bridgehead atoms. The Bertz CT molecular complexity index is 882. The van der Waals surface area contributed by atoms with Crippen LogP contribution in [-0.2, 0) is 21.3 Å². The molecule has 0 radical (unpaired) electrons. The van der Waals surface area contributed by atoms with E-state index < -0.39 is 16.5 Å². The summed E-state index contributed by atoms with van der Waals surface area (Å²) in [6.45, 7) is 3.89. The Balaban J connectivity index is 0.000000910. The summed E-state index contributed by atoms with van der Waals surface area (Å²) in [7, 11) is 11.8. The van der Waals surface area contributed by atoms with Crippen LogP contribution in [0, 0.1) is 0 Å². The zero-order valence-corrected chi connectivity index (χ0v) is 21.0. The molecule has 0 unspecified atom stereocenters. The molecule has 1 aromatic heterocycles. The summed E-state index contributed by atoms with van der Waals surface area (Å²) in [4.78, 5) is 36.1.